The van der Waals surface area contributed by atoms with Crippen LogP contribution < -0.4 is 5.32 Å². The van der Waals surface area contributed by atoms with Gasteiger partial charge in [-0.2, -0.15) is 0 Å². The number of halogens is 1. The van der Waals surface area contributed by atoms with Gasteiger partial charge in [0.05, 0.1) is 6.04 Å². The highest BCUT2D eigenvalue weighted by molar-refractivity contribution is 5.70. The molecule has 2 rings (SSSR count). The first-order chi connectivity index (χ1) is 6.66. The van der Waals surface area contributed by atoms with Crippen LogP contribution in [0.4, 0.5) is 9.18 Å². The third-order valence-electron chi connectivity index (χ3n) is 2.29. The topological polar surface area (TPSA) is 38.3 Å². The van der Waals surface area contributed by atoms with E-state index in [1.54, 1.807) is 6.07 Å². The van der Waals surface area contributed by atoms with E-state index in [1.165, 1.54) is 12.1 Å². The Bertz CT molecular complexity index is 378. The minimum atomic E-state index is -0.446. The average molecular weight is 195 g/mol. The molecule has 74 valence electrons. The summed E-state index contributed by atoms with van der Waals surface area (Å²) in [7, 11) is 0. The van der Waals surface area contributed by atoms with Crippen LogP contribution in [0.2, 0.25) is 0 Å². The lowest BCUT2D eigenvalue weighted by molar-refractivity contribution is 0.177. The van der Waals surface area contributed by atoms with Crippen molar-refractivity contribution in [3.8, 4) is 0 Å². The van der Waals surface area contributed by atoms with Gasteiger partial charge in [0.1, 0.15) is 12.4 Å². The molecule has 1 aromatic carbocycles. The summed E-state index contributed by atoms with van der Waals surface area (Å²) < 4.78 is 17.7. The van der Waals surface area contributed by atoms with Crippen molar-refractivity contribution in [3.63, 3.8) is 0 Å². The van der Waals surface area contributed by atoms with E-state index in [0.29, 0.717) is 0 Å². The minimum absolute atomic E-state index is 0.224. The highest BCUT2D eigenvalue weighted by atomic mass is 19.1. The van der Waals surface area contributed by atoms with E-state index in [1.807, 2.05) is 6.92 Å². The maximum absolute atomic E-state index is 12.9. The number of benzene rings is 1. The largest absolute Gasteiger partial charge is 0.447 e. The zero-order valence-electron chi connectivity index (χ0n) is 7.71. The fourth-order valence-corrected chi connectivity index (χ4v) is 1.54. The number of nitrogens with one attached hydrogen (secondary N) is 1. The van der Waals surface area contributed by atoms with Crippen molar-refractivity contribution in [2.24, 2.45) is 0 Å². The van der Waals surface area contributed by atoms with Crippen LogP contribution in [0, 0.1) is 12.7 Å². The van der Waals surface area contributed by atoms with Gasteiger partial charge in [-0.15, -0.1) is 0 Å². The molecule has 0 unspecified atom stereocenters. The summed E-state index contributed by atoms with van der Waals surface area (Å²) in [4.78, 5) is 10.8. The molecule has 0 saturated carbocycles. The standard InChI is InChI=1S/C10H10FNO2/c1-6-2-3-7(11)4-8(6)9-5-14-10(13)12-9/h2-4,9H,5H2,1H3,(H,12,13)/t9-/m0/s1. The maximum Gasteiger partial charge on any atom is 0.407 e. The summed E-state index contributed by atoms with van der Waals surface area (Å²) in [6.45, 7) is 2.14. The maximum atomic E-state index is 12.9. The van der Waals surface area contributed by atoms with Gasteiger partial charge in [-0.3, -0.25) is 0 Å². The van der Waals surface area contributed by atoms with Crippen LogP contribution in [0.5, 0.6) is 0 Å². The Balaban J connectivity index is 2.31. The summed E-state index contributed by atoms with van der Waals surface area (Å²) in [5, 5.41) is 2.61. The summed E-state index contributed by atoms with van der Waals surface area (Å²) >= 11 is 0. The zero-order valence-corrected chi connectivity index (χ0v) is 7.71. The molecule has 1 saturated heterocycles. The predicted molar refractivity (Wildman–Crippen MR) is 48.4 cm³/mol. The average Bonchev–Trinajstić information content (AvgIpc) is 2.56. The number of rotatable bonds is 1. The molecule has 1 atom stereocenters. The van der Waals surface area contributed by atoms with Gasteiger partial charge in [0, 0.05) is 0 Å². The van der Waals surface area contributed by atoms with Crippen molar-refractivity contribution in [1.82, 2.24) is 5.32 Å². The molecule has 0 bridgehead atoms. The molecule has 3 nitrogen and oxygen atoms in total. The molecule has 0 aromatic heterocycles. The van der Waals surface area contributed by atoms with Gasteiger partial charge in [0.15, 0.2) is 0 Å². The van der Waals surface area contributed by atoms with E-state index in [4.69, 9.17) is 4.74 Å². The lowest BCUT2D eigenvalue weighted by Crippen LogP contribution is -2.19. The summed E-state index contributed by atoms with van der Waals surface area (Å²) in [6, 6.07) is 4.29. The van der Waals surface area contributed by atoms with Crippen LogP contribution in [0.3, 0.4) is 0 Å². The Morgan fingerprint density at radius 1 is 1.57 bits per heavy atom. The number of aryl methyl sites for hydroxylation is 1. The molecule has 1 heterocycles. The van der Waals surface area contributed by atoms with Crippen LogP contribution in [0.15, 0.2) is 18.2 Å². The number of alkyl carbamates (subject to hydrolysis) is 1. The van der Waals surface area contributed by atoms with E-state index in [-0.39, 0.29) is 18.5 Å². The molecule has 1 aliphatic rings. The molecule has 0 spiro atoms. The van der Waals surface area contributed by atoms with Crippen molar-refractivity contribution < 1.29 is 13.9 Å². The molecule has 0 aliphatic carbocycles. The molecule has 1 N–H and O–H groups in total. The Labute approximate surface area is 80.9 Å². The van der Waals surface area contributed by atoms with Gasteiger partial charge in [-0.25, -0.2) is 9.18 Å². The summed E-state index contributed by atoms with van der Waals surface area (Å²) in [5.74, 6) is -0.299. The van der Waals surface area contributed by atoms with Gasteiger partial charge in [-0.05, 0) is 30.2 Å². The Morgan fingerprint density at radius 2 is 2.36 bits per heavy atom. The number of amides is 1. The zero-order chi connectivity index (χ0) is 10.1. The van der Waals surface area contributed by atoms with Crippen molar-refractivity contribution in [2.75, 3.05) is 6.61 Å². The van der Waals surface area contributed by atoms with E-state index in [9.17, 15) is 9.18 Å². The van der Waals surface area contributed by atoms with Crippen LogP contribution >= 0.6 is 0 Å². The highest BCUT2D eigenvalue weighted by Crippen LogP contribution is 2.22. The number of hydrogen-bond acceptors (Lipinski definition) is 2. The SMILES string of the molecule is Cc1ccc(F)cc1[C@@H]1COC(=O)N1. The van der Waals surface area contributed by atoms with E-state index in [2.05, 4.69) is 5.32 Å². The number of ether oxygens (including phenoxy) is 1. The van der Waals surface area contributed by atoms with E-state index >= 15 is 0 Å². The number of carbonyl (C=O) groups excluding carboxylic acids is 1. The third-order valence-corrected chi connectivity index (χ3v) is 2.29. The van der Waals surface area contributed by atoms with Crippen LogP contribution in [-0.2, 0) is 4.74 Å². The fraction of sp³-hybridized carbons (Fsp3) is 0.300. The molecular weight excluding hydrogens is 185 g/mol. The predicted octanol–water partition coefficient (Wildman–Crippen LogP) is 1.92. The molecule has 1 amide bonds. The molecule has 1 aromatic rings. The Hall–Kier alpha value is -1.58. The van der Waals surface area contributed by atoms with Crippen molar-refractivity contribution in [3.05, 3.63) is 35.1 Å². The van der Waals surface area contributed by atoms with Crippen molar-refractivity contribution >= 4 is 6.09 Å². The second kappa shape index (κ2) is 3.29. The smallest absolute Gasteiger partial charge is 0.407 e. The highest BCUT2D eigenvalue weighted by Gasteiger charge is 2.25. The van der Waals surface area contributed by atoms with Crippen molar-refractivity contribution in [2.45, 2.75) is 13.0 Å². The summed E-state index contributed by atoms with van der Waals surface area (Å²) in [5.41, 5.74) is 1.72. The Kier molecular flexibility index (Phi) is 2.11. The lowest BCUT2D eigenvalue weighted by Gasteiger charge is -2.10. The summed E-state index contributed by atoms with van der Waals surface area (Å²) in [6.07, 6.45) is -0.446. The first kappa shape index (κ1) is 8.99. The third kappa shape index (κ3) is 1.55. The van der Waals surface area contributed by atoms with E-state index in [0.717, 1.165) is 11.1 Å². The van der Waals surface area contributed by atoms with Gasteiger partial charge in [0.2, 0.25) is 0 Å². The molecule has 1 aliphatic heterocycles. The molecular formula is C10H10FNO2. The Morgan fingerprint density at radius 3 is 3.00 bits per heavy atom. The molecule has 1 fully saturated rings. The second-order valence-corrected chi connectivity index (χ2v) is 3.30. The first-order valence-electron chi connectivity index (χ1n) is 4.36. The van der Waals surface area contributed by atoms with Crippen LogP contribution in [0.1, 0.15) is 17.2 Å². The van der Waals surface area contributed by atoms with Gasteiger partial charge in [0.25, 0.3) is 0 Å². The van der Waals surface area contributed by atoms with Crippen molar-refractivity contribution in [1.29, 1.82) is 0 Å². The lowest BCUT2D eigenvalue weighted by atomic mass is 10.0. The molecule has 14 heavy (non-hydrogen) atoms. The second-order valence-electron chi connectivity index (χ2n) is 3.30. The molecule has 4 heteroatoms. The van der Waals surface area contributed by atoms with Gasteiger partial charge >= 0.3 is 6.09 Å². The monoisotopic (exact) mass is 195 g/mol. The van der Waals surface area contributed by atoms with Crippen LogP contribution in [-0.4, -0.2) is 12.7 Å². The molecule has 0 radical (unpaired) electrons. The number of cyclic esters (lactones) is 1. The van der Waals surface area contributed by atoms with Gasteiger partial charge < -0.3 is 10.1 Å². The number of carbonyl (C=O) groups is 1. The normalized spacial score (nSPS) is 20.4. The van der Waals surface area contributed by atoms with E-state index < -0.39 is 6.09 Å². The number of hydrogen-bond donors (Lipinski definition) is 1. The minimum Gasteiger partial charge on any atom is -0.447 e. The van der Waals surface area contributed by atoms with Crippen LogP contribution in [0.25, 0.3) is 0 Å². The van der Waals surface area contributed by atoms with Gasteiger partial charge in [-0.1, -0.05) is 6.07 Å². The first-order valence-corrected chi connectivity index (χ1v) is 4.36. The fourth-order valence-electron chi connectivity index (χ4n) is 1.54. The quantitative estimate of drug-likeness (QED) is 0.743.